The minimum Gasteiger partial charge on any atom is -0.492 e. The first kappa shape index (κ1) is 17.4. The van der Waals surface area contributed by atoms with Crippen molar-refractivity contribution in [2.24, 2.45) is 0 Å². The molecule has 0 N–H and O–H groups in total. The Balaban J connectivity index is 1.85. The number of hydrogen-bond donors (Lipinski definition) is 0. The number of nitrogens with zero attached hydrogens (tertiary/aromatic N) is 1. The van der Waals surface area contributed by atoms with Gasteiger partial charge in [0.2, 0.25) is 0 Å². The minimum absolute atomic E-state index is 0.180. The van der Waals surface area contributed by atoms with Crippen LogP contribution in [0.4, 0.5) is 0 Å². The van der Waals surface area contributed by atoms with E-state index in [2.05, 4.69) is 19.9 Å². The summed E-state index contributed by atoms with van der Waals surface area (Å²) in [6.07, 6.45) is 0. The molecule has 0 bridgehead atoms. The van der Waals surface area contributed by atoms with E-state index in [1.54, 1.807) is 24.1 Å². The normalized spacial score (nSPS) is 10.8. The summed E-state index contributed by atoms with van der Waals surface area (Å²) >= 11 is 5.67. The zero-order valence-corrected chi connectivity index (χ0v) is 14.5. The highest BCUT2D eigenvalue weighted by molar-refractivity contribution is 6.16. The van der Waals surface area contributed by atoms with Gasteiger partial charge in [0.1, 0.15) is 18.1 Å². The quantitative estimate of drug-likeness (QED) is 0.709. The number of furan rings is 1. The summed E-state index contributed by atoms with van der Waals surface area (Å²) in [6, 6.07) is 11.4. The Morgan fingerprint density at radius 2 is 2.09 bits per heavy atom. The maximum Gasteiger partial charge on any atom is 0.289 e. The lowest BCUT2D eigenvalue weighted by Gasteiger charge is -2.16. The van der Waals surface area contributed by atoms with Gasteiger partial charge in [0.05, 0.1) is 12.4 Å². The molecule has 1 amide bonds. The maximum atomic E-state index is 12.2. The summed E-state index contributed by atoms with van der Waals surface area (Å²) in [6.45, 7) is 5.18. The van der Waals surface area contributed by atoms with Gasteiger partial charge in [0.25, 0.3) is 5.91 Å². The van der Waals surface area contributed by atoms with Gasteiger partial charge in [-0.25, -0.2) is 0 Å². The molecule has 2 rings (SSSR count). The van der Waals surface area contributed by atoms with Gasteiger partial charge in [-0.15, -0.1) is 11.6 Å². The summed E-state index contributed by atoms with van der Waals surface area (Å²) < 4.78 is 11.1. The Bertz CT molecular complexity index is 651. The number of carbonyl (C=O) groups is 1. The Morgan fingerprint density at radius 1 is 1.30 bits per heavy atom. The molecular formula is C18H22ClNO3. The van der Waals surface area contributed by atoms with Crippen LogP contribution in [-0.4, -0.2) is 31.0 Å². The number of rotatable bonds is 7. The van der Waals surface area contributed by atoms with E-state index in [1.165, 1.54) is 5.56 Å². The number of likely N-dealkylation sites (N-methyl/N-ethyl adjacent to an activating group) is 1. The molecule has 0 aliphatic carbocycles. The molecule has 1 heterocycles. The van der Waals surface area contributed by atoms with E-state index in [0.29, 0.717) is 30.6 Å². The van der Waals surface area contributed by atoms with E-state index in [9.17, 15) is 4.79 Å². The van der Waals surface area contributed by atoms with Crippen molar-refractivity contribution < 1.29 is 13.9 Å². The van der Waals surface area contributed by atoms with E-state index in [0.717, 1.165) is 5.75 Å². The molecule has 5 heteroatoms. The molecule has 23 heavy (non-hydrogen) atoms. The summed E-state index contributed by atoms with van der Waals surface area (Å²) in [4.78, 5) is 13.8. The molecule has 0 saturated carbocycles. The van der Waals surface area contributed by atoms with Crippen LogP contribution in [0.25, 0.3) is 0 Å². The Kier molecular flexibility index (Phi) is 6.11. The number of amides is 1. The average Bonchev–Trinajstić information content (AvgIpc) is 3.03. The third-order valence-electron chi connectivity index (χ3n) is 3.57. The van der Waals surface area contributed by atoms with Gasteiger partial charge >= 0.3 is 0 Å². The summed E-state index contributed by atoms with van der Waals surface area (Å²) in [5.74, 6) is 2.24. The Hall–Kier alpha value is -1.94. The SMILES string of the molecule is CC(C)c1cccc(OCCN(C)C(=O)c2ccc(CCl)o2)c1. The Morgan fingerprint density at radius 3 is 2.74 bits per heavy atom. The largest absolute Gasteiger partial charge is 0.492 e. The van der Waals surface area contributed by atoms with Crippen LogP contribution in [0.5, 0.6) is 5.75 Å². The van der Waals surface area contributed by atoms with Crippen molar-refractivity contribution in [2.45, 2.75) is 25.6 Å². The molecule has 4 nitrogen and oxygen atoms in total. The molecule has 124 valence electrons. The molecule has 0 radical (unpaired) electrons. The van der Waals surface area contributed by atoms with Gasteiger partial charge in [-0.2, -0.15) is 0 Å². The van der Waals surface area contributed by atoms with E-state index in [1.807, 2.05) is 18.2 Å². The van der Waals surface area contributed by atoms with Gasteiger partial charge in [0.15, 0.2) is 5.76 Å². The monoisotopic (exact) mass is 335 g/mol. The number of halogens is 1. The molecule has 0 atom stereocenters. The van der Waals surface area contributed by atoms with Crippen LogP contribution in [0.2, 0.25) is 0 Å². The van der Waals surface area contributed by atoms with Crippen LogP contribution >= 0.6 is 11.6 Å². The van der Waals surface area contributed by atoms with E-state index in [4.69, 9.17) is 20.8 Å². The van der Waals surface area contributed by atoms with E-state index >= 15 is 0 Å². The topological polar surface area (TPSA) is 42.7 Å². The molecule has 2 aromatic rings. The average molecular weight is 336 g/mol. The highest BCUT2D eigenvalue weighted by Gasteiger charge is 2.15. The molecule has 0 unspecified atom stereocenters. The fourth-order valence-electron chi connectivity index (χ4n) is 2.12. The van der Waals surface area contributed by atoms with Crippen LogP contribution in [0.15, 0.2) is 40.8 Å². The molecule has 1 aromatic carbocycles. The van der Waals surface area contributed by atoms with Crippen LogP contribution in [0.1, 0.15) is 41.6 Å². The fraction of sp³-hybridized carbons (Fsp3) is 0.389. The second-order valence-corrected chi connectivity index (χ2v) is 5.97. The van der Waals surface area contributed by atoms with Gasteiger partial charge in [-0.1, -0.05) is 26.0 Å². The number of ether oxygens (including phenoxy) is 1. The van der Waals surface area contributed by atoms with Crippen molar-refractivity contribution >= 4 is 17.5 Å². The lowest BCUT2D eigenvalue weighted by atomic mass is 10.0. The van der Waals surface area contributed by atoms with Gasteiger partial charge in [0, 0.05) is 7.05 Å². The molecule has 0 aliphatic rings. The molecular weight excluding hydrogens is 314 g/mol. The highest BCUT2D eigenvalue weighted by atomic mass is 35.5. The molecule has 0 aliphatic heterocycles. The Labute approximate surface area is 142 Å². The summed E-state index contributed by atoms with van der Waals surface area (Å²) in [5.41, 5.74) is 1.23. The summed E-state index contributed by atoms with van der Waals surface area (Å²) in [5, 5.41) is 0. The minimum atomic E-state index is -0.180. The third kappa shape index (κ3) is 4.76. The maximum absolute atomic E-state index is 12.2. The predicted octanol–water partition coefficient (Wildman–Crippen LogP) is 4.29. The molecule has 1 aromatic heterocycles. The van der Waals surface area contributed by atoms with Gasteiger partial charge in [-0.05, 0) is 35.7 Å². The van der Waals surface area contributed by atoms with Crippen LogP contribution in [0.3, 0.4) is 0 Å². The lowest BCUT2D eigenvalue weighted by Crippen LogP contribution is -2.30. The van der Waals surface area contributed by atoms with Crippen molar-refractivity contribution in [3.63, 3.8) is 0 Å². The highest BCUT2D eigenvalue weighted by Crippen LogP contribution is 2.20. The zero-order valence-electron chi connectivity index (χ0n) is 13.7. The molecule has 0 saturated heterocycles. The van der Waals surface area contributed by atoms with Crippen LogP contribution in [-0.2, 0) is 5.88 Å². The zero-order chi connectivity index (χ0) is 16.8. The van der Waals surface area contributed by atoms with Crippen molar-refractivity contribution in [1.82, 2.24) is 4.90 Å². The number of hydrogen-bond acceptors (Lipinski definition) is 3. The fourth-order valence-corrected chi connectivity index (χ4v) is 2.26. The van der Waals surface area contributed by atoms with Gasteiger partial charge in [-0.3, -0.25) is 4.79 Å². The second-order valence-electron chi connectivity index (χ2n) is 5.70. The first-order valence-corrected chi connectivity index (χ1v) is 8.17. The van der Waals surface area contributed by atoms with Crippen molar-refractivity contribution in [3.8, 4) is 5.75 Å². The van der Waals surface area contributed by atoms with E-state index < -0.39 is 0 Å². The van der Waals surface area contributed by atoms with Gasteiger partial charge < -0.3 is 14.1 Å². The molecule has 0 fully saturated rings. The van der Waals surface area contributed by atoms with Crippen molar-refractivity contribution in [2.75, 3.05) is 20.2 Å². The second kappa shape index (κ2) is 8.06. The number of carbonyl (C=O) groups excluding carboxylic acids is 1. The summed E-state index contributed by atoms with van der Waals surface area (Å²) in [7, 11) is 1.72. The van der Waals surface area contributed by atoms with Crippen molar-refractivity contribution in [1.29, 1.82) is 0 Å². The standard InChI is InChI=1S/C18H22ClNO3/c1-13(2)14-5-4-6-15(11-14)22-10-9-20(3)18(21)17-8-7-16(12-19)23-17/h4-8,11,13H,9-10,12H2,1-3H3. The predicted molar refractivity (Wildman–Crippen MR) is 91.3 cm³/mol. The van der Waals surface area contributed by atoms with E-state index in [-0.39, 0.29) is 11.8 Å². The third-order valence-corrected chi connectivity index (χ3v) is 3.83. The first-order valence-electron chi connectivity index (χ1n) is 7.64. The smallest absolute Gasteiger partial charge is 0.289 e. The lowest BCUT2D eigenvalue weighted by molar-refractivity contribution is 0.0741. The van der Waals surface area contributed by atoms with Crippen LogP contribution < -0.4 is 4.74 Å². The first-order chi connectivity index (χ1) is 11.0. The van der Waals surface area contributed by atoms with Crippen molar-refractivity contribution in [3.05, 3.63) is 53.5 Å². The molecule has 0 spiro atoms. The number of benzene rings is 1. The number of alkyl halides is 1. The van der Waals surface area contributed by atoms with Crippen LogP contribution in [0, 0.1) is 0 Å².